The predicted molar refractivity (Wildman–Crippen MR) is 86.4 cm³/mol. The zero-order valence-corrected chi connectivity index (χ0v) is 12.5. The molecule has 0 nitrogen and oxygen atoms in total. The van der Waals surface area contributed by atoms with E-state index in [1.54, 1.807) is 0 Å². The summed E-state index contributed by atoms with van der Waals surface area (Å²) in [5.41, 5.74) is 6.18. The van der Waals surface area contributed by atoms with E-state index < -0.39 is 0 Å². The first-order valence-electron chi connectivity index (χ1n) is 6.81. The quantitative estimate of drug-likeness (QED) is 0.511. The van der Waals surface area contributed by atoms with Crippen molar-refractivity contribution in [3.05, 3.63) is 70.2 Å². The number of allylic oxidation sites excluding steroid dienone is 6. The molecule has 19 heavy (non-hydrogen) atoms. The van der Waals surface area contributed by atoms with E-state index in [-0.39, 0.29) is 0 Å². The summed E-state index contributed by atoms with van der Waals surface area (Å²) in [6, 6.07) is 10.6. The van der Waals surface area contributed by atoms with Gasteiger partial charge < -0.3 is 0 Å². The van der Waals surface area contributed by atoms with Gasteiger partial charge in [0.15, 0.2) is 0 Å². The molecular formula is C18H23B. The van der Waals surface area contributed by atoms with Gasteiger partial charge in [-0.2, -0.15) is 0 Å². The van der Waals surface area contributed by atoms with Gasteiger partial charge in [0.2, 0.25) is 0 Å². The Labute approximate surface area is 119 Å². The molecule has 0 aromatic heterocycles. The third-order valence-corrected chi connectivity index (χ3v) is 2.94. The number of hydrogen-bond donors (Lipinski definition) is 0. The molecule has 0 aliphatic carbocycles. The maximum absolute atomic E-state index is 5.84. The second-order valence-electron chi connectivity index (χ2n) is 5.30. The second-order valence-corrected chi connectivity index (χ2v) is 5.30. The van der Waals surface area contributed by atoms with Gasteiger partial charge in [-0.3, -0.25) is 0 Å². The molecule has 0 bridgehead atoms. The lowest BCUT2D eigenvalue weighted by Gasteiger charge is -2.08. The Morgan fingerprint density at radius 2 is 1.63 bits per heavy atom. The largest absolute Gasteiger partial charge is 0.120 e. The molecule has 0 saturated heterocycles. The summed E-state index contributed by atoms with van der Waals surface area (Å²) < 4.78 is 0. The van der Waals surface area contributed by atoms with Gasteiger partial charge in [0, 0.05) is 0 Å². The van der Waals surface area contributed by atoms with Gasteiger partial charge in [0.1, 0.15) is 7.85 Å². The van der Waals surface area contributed by atoms with Crippen molar-refractivity contribution < 1.29 is 0 Å². The van der Waals surface area contributed by atoms with Crippen LogP contribution in [0.2, 0.25) is 0 Å². The summed E-state index contributed by atoms with van der Waals surface area (Å²) in [6.07, 6.45) is 6.39. The highest BCUT2D eigenvalue weighted by Gasteiger charge is 2.00. The van der Waals surface area contributed by atoms with Crippen LogP contribution in [0, 0.1) is 0 Å². The Balaban J connectivity index is 2.88. The van der Waals surface area contributed by atoms with E-state index in [2.05, 4.69) is 63.3 Å². The molecule has 0 unspecified atom stereocenters. The van der Waals surface area contributed by atoms with Crippen molar-refractivity contribution in [3.8, 4) is 0 Å². The summed E-state index contributed by atoms with van der Waals surface area (Å²) in [4.78, 5) is 0. The summed E-state index contributed by atoms with van der Waals surface area (Å²) in [6.45, 7) is 8.35. The van der Waals surface area contributed by atoms with Crippen LogP contribution in [0.3, 0.4) is 0 Å². The number of rotatable bonds is 5. The monoisotopic (exact) mass is 250 g/mol. The molecular weight excluding hydrogens is 227 g/mol. The molecule has 1 aromatic carbocycles. The van der Waals surface area contributed by atoms with Crippen molar-refractivity contribution in [1.82, 2.24) is 0 Å². The molecule has 0 atom stereocenters. The highest BCUT2D eigenvalue weighted by Crippen LogP contribution is 2.17. The van der Waals surface area contributed by atoms with E-state index in [0.717, 1.165) is 18.3 Å². The maximum atomic E-state index is 5.84. The van der Waals surface area contributed by atoms with E-state index >= 15 is 0 Å². The first kappa shape index (κ1) is 15.6. The average Bonchev–Trinajstić information content (AvgIpc) is 2.34. The van der Waals surface area contributed by atoms with Gasteiger partial charge in [-0.15, -0.1) is 5.47 Å². The minimum atomic E-state index is 0.865. The first-order valence-corrected chi connectivity index (χ1v) is 6.81. The van der Waals surface area contributed by atoms with E-state index in [1.807, 2.05) is 6.92 Å². The lowest BCUT2D eigenvalue weighted by Crippen LogP contribution is -1.92. The number of hydrogen-bond acceptors (Lipinski definition) is 0. The predicted octanol–water partition coefficient (Wildman–Crippen LogP) is 4.97. The molecule has 0 saturated carbocycles. The molecule has 0 aliphatic rings. The lowest BCUT2D eigenvalue weighted by atomic mass is 9.91. The fourth-order valence-corrected chi connectivity index (χ4v) is 2.11. The van der Waals surface area contributed by atoms with Crippen molar-refractivity contribution >= 4 is 7.85 Å². The normalized spacial score (nSPS) is 12.9. The van der Waals surface area contributed by atoms with Crippen molar-refractivity contribution in [2.75, 3.05) is 0 Å². The second kappa shape index (κ2) is 7.83. The molecule has 0 heterocycles. The van der Waals surface area contributed by atoms with Crippen LogP contribution < -0.4 is 0 Å². The zero-order valence-electron chi connectivity index (χ0n) is 12.5. The molecule has 0 spiro atoms. The Kier molecular flexibility index (Phi) is 6.42. The maximum Gasteiger partial charge on any atom is 0.107 e. The third kappa shape index (κ3) is 6.29. The van der Waals surface area contributed by atoms with Crippen molar-refractivity contribution in [1.29, 1.82) is 0 Å². The van der Waals surface area contributed by atoms with E-state index in [0.29, 0.717) is 0 Å². The zero-order chi connectivity index (χ0) is 14.3. The number of benzene rings is 1. The van der Waals surface area contributed by atoms with Crippen LogP contribution in [-0.2, 0) is 6.42 Å². The highest BCUT2D eigenvalue weighted by atomic mass is 14.1. The molecule has 1 rings (SSSR count). The Hall–Kier alpha value is -1.50. The summed E-state index contributed by atoms with van der Waals surface area (Å²) in [5, 5.41) is 0. The first-order chi connectivity index (χ1) is 8.99. The summed E-state index contributed by atoms with van der Waals surface area (Å²) >= 11 is 0. The fraction of sp³-hybridized carbons (Fsp3) is 0.333. The van der Waals surface area contributed by atoms with Gasteiger partial charge in [-0.25, -0.2) is 0 Å². The van der Waals surface area contributed by atoms with Gasteiger partial charge in [-0.05, 0) is 50.3 Å². The fourth-order valence-electron chi connectivity index (χ4n) is 2.11. The van der Waals surface area contributed by atoms with E-state index in [9.17, 15) is 0 Å². The average molecular weight is 250 g/mol. The van der Waals surface area contributed by atoms with Crippen molar-refractivity contribution in [2.24, 2.45) is 0 Å². The standard InChI is InChI=1S/C18H23B/c1-14(2)12-15(3)18(13-16(4)19)11-10-17-8-6-5-7-9-17/h5-9,12-13H,10-11H2,1-4H3/b16-13+,18-15+. The van der Waals surface area contributed by atoms with Gasteiger partial charge in [-0.1, -0.05) is 55.0 Å². The summed E-state index contributed by atoms with van der Waals surface area (Å²) in [7, 11) is 5.84. The molecule has 98 valence electrons. The van der Waals surface area contributed by atoms with Gasteiger partial charge >= 0.3 is 0 Å². The third-order valence-electron chi connectivity index (χ3n) is 2.94. The van der Waals surface area contributed by atoms with Gasteiger partial charge in [0.25, 0.3) is 0 Å². The Morgan fingerprint density at radius 1 is 1.00 bits per heavy atom. The van der Waals surface area contributed by atoms with Crippen molar-refractivity contribution in [2.45, 2.75) is 40.5 Å². The van der Waals surface area contributed by atoms with Crippen LogP contribution in [0.15, 0.2) is 64.7 Å². The highest BCUT2D eigenvalue weighted by molar-refractivity contribution is 6.21. The molecule has 0 amide bonds. The van der Waals surface area contributed by atoms with Crippen LogP contribution >= 0.6 is 0 Å². The molecule has 1 heteroatoms. The smallest absolute Gasteiger partial charge is 0.107 e. The van der Waals surface area contributed by atoms with Crippen LogP contribution in [0.5, 0.6) is 0 Å². The summed E-state index contributed by atoms with van der Waals surface area (Å²) in [5.74, 6) is 0. The SMILES string of the molecule is [B]/C(C)=C/C(CCc1ccccc1)=C(\C)C=C(C)C. The Morgan fingerprint density at radius 3 is 2.16 bits per heavy atom. The topological polar surface area (TPSA) is 0 Å². The number of aryl methyl sites for hydroxylation is 1. The van der Waals surface area contributed by atoms with Crippen LogP contribution in [-0.4, -0.2) is 7.85 Å². The minimum Gasteiger partial charge on any atom is -0.120 e. The molecule has 1 aromatic rings. The van der Waals surface area contributed by atoms with Crippen molar-refractivity contribution in [3.63, 3.8) is 0 Å². The van der Waals surface area contributed by atoms with Crippen LogP contribution in [0.1, 0.15) is 39.7 Å². The molecule has 0 fully saturated rings. The molecule has 0 aliphatic heterocycles. The van der Waals surface area contributed by atoms with Gasteiger partial charge in [0.05, 0.1) is 0 Å². The van der Waals surface area contributed by atoms with Crippen LogP contribution in [0.25, 0.3) is 0 Å². The Bertz CT molecular complexity index is 482. The van der Waals surface area contributed by atoms with E-state index in [4.69, 9.17) is 7.85 Å². The van der Waals surface area contributed by atoms with E-state index in [1.165, 1.54) is 22.3 Å². The molecule has 2 radical (unpaired) electrons. The molecule has 0 N–H and O–H groups in total. The minimum absolute atomic E-state index is 0.865. The lowest BCUT2D eigenvalue weighted by molar-refractivity contribution is 0.952. The van der Waals surface area contributed by atoms with Crippen LogP contribution in [0.4, 0.5) is 0 Å².